The summed E-state index contributed by atoms with van der Waals surface area (Å²) in [6, 6.07) is 2.41. The zero-order valence-electron chi connectivity index (χ0n) is 14.9. The summed E-state index contributed by atoms with van der Waals surface area (Å²) in [4.78, 5) is 23.9. The van der Waals surface area contributed by atoms with Crippen molar-refractivity contribution in [3.05, 3.63) is 28.7 Å². The lowest BCUT2D eigenvalue weighted by atomic mass is 10.0. The van der Waals surface area contributed by atoms with Gasteiger partial charge in [-0.1, -0.05) is 13.8 Å². The topological polar surface area (TPSA) is 88.5 Å². The molecule has 1 heterocycles. The fraction of sp³-hybridized carbons (Fsp3) is 0.625. The van der Waals surface area contributed by atoms with Crippen LogP contribution in [0.1, 0.15) is 33.6 Å². The van der Waals surface area contributed by atoms with Crippen molar-refractivity contribution in [3.63, 3.8) is 0 Å². The molecule has 7 nitrogen and oxygen atoms in total. The highest BCUT2D eigenvalue weighted by molar-refractivity contribution is 7.89. The minimum atomic E-state index is -3.65. The van der Waals surface area contributed by atoms with Crippen LogP contribution in [0.2, 0.25) is 0 Å². The van der Waals surface area contributed by atoms with Crippen LogP contribution in [0.5, 0.6) is 0 Å². The number of hydrogen-bond donors (Lipinski definition) is 1. The van der Waals surface area contributed by atoms with Crippen molar-refractivity contribution in [2.75, 3.05) is 14.1 Å². The molecule has 0 saturated carbocycles. The minimum absolute atomic E-state index is 0.00397. The highest BCUT2D eigenvalue weighted by Gasteiger charge is 2.19. The Kier molecular flexibility index (Phi) is 7.16. The van der Waals surface area contributed by atoms with E-state index >= 15 is 0 Å². The third-order valence-electron chi connectivity index (χ3n) is 3.63. The second-order valence-electron chi connectivity index (χ2n) is 6.56. The number of nitrogens with one attached hydrogen (secondary N) is 1. The van der Waals surface area contributed by atoms with Gasteiger partial charge in [0.2, 0.25) is 15.9 Å². The highest BCUT2D eigenvalue weighted by Crippen LogP contribution is 2.10. The summed E-state index contributed by atoms with van der Waals surface area (Å²) in [6.45, 7) is 5.94. The van der Waals surface area contributed by atoms with Gasteiger partial charge in [0.05, 0.1) is 4.90 Å². The quantitative estimate of drug-likeness (QED) is 0.753. The number of carbonyl (C=O) groups is 1. The van der Waals surface area contributed by atoms with Crippen LogP contribution in [0, 0.1) is 5.92 Å². The Labute approximate surface area is 143 Å². The van der Waals surface area contributed by atoms with E-state index in [1.54, 1.807) is 0 Å². The van der Waals surface area contributed by atoms with Crippen molar-refractivity contribution in [2.45, 2.75) is 51.1 Å². The summed E-state index contributed by atoms with van der Waals surface area (Å²) in [6.07, 6.45) is 3.06. The van der Waals surface area contributed by atoms with E-state index in [1.165, 1.54) is 26.4 Å². The van der Waals surface area contributed by atoms with Crippen LogP contribution < -0.4 is 10.9 Å². The number of carbonyl (C=O) groups excluding carboxylic acids is 1. The molecule has 0 saturated heterocycles. The maximum atomic E-state index is 12.1. The van der Waals surface area contributed by atoms with Gasteiger partial charge in [0.25, 0.3) is 5.56 Å². The lowest BCUT2D eigenvalue weighted by Crippen LogP contribution is -2.37. The predicted octanol–water partition coefficient (Wildman–Crippen LogP) is 1.04. The Bertz CT molecular complexity index is 723. The number of amides is 1. The molecule has 136 valence electrons. The van der Waals surface area contributed by atoms with Gasteiger partial charge >= 0.3 is 0 Å². The molecule has 1 amide bonds. The molecular weight excluding hydrogens is 330 g/mol. The minimum Gasteiger partial charge on any atom is -0.352 e. The monoisotopic (exact) mass is 357 g/mol. The number of rotatable bonds is 8. The molecule has 1 unspecified atom stereocenters. The average Bonchev–Trinajstić information content (AvgIpc) is 2.47. The molecule has 1 aromatic rings. The summed E-state index contributed by atoms with van der Waals surface area (Å²) < 4.78 is 26.4. The van der Waals surface area contributed by atoms with E-state index in [1.807, 2.05) is 6.92 Å². The first-order valence-corrected chi connectivity index (χ1v) is 9.40. The molecule has 0 aliphatic heterocycles. The molecule has 0 aromatic carbocycles. The van der Waals surface area contributed by atoms with Crippen LogP contribution in [-0.4, -0.2) is 43.3 Å². The molecule has 8 heteroatoms. The van der Waals surface area contributed by atoms with E-state index in [0.717, 1.165) is 27.8 Å². The van der Waals surface area contributed by atoms with Crippen LogP contribution in [0.15, 0.2) is 28.0 Å². The van der Waals surface area contributed by atoms with Crippen molar-refractivity contribution in [1.29, 1.82) is 0 Å². The number of aromatic nitrogens is 1. The molecule has 24 heavy (non-hydrogen) atoms. The smallest absolute Gasteiger partial charge is 0.251 e. The number of nitrogens with zero attached hydrogens (tertiary/aromatic N) is 2. The van der Waals surface area contributed by atoms with Crippen LogP contribution >= 0.6 is 0 Å². The largest absolute Gasteiger partial charge is 0.352 e. The Morgan fingerprint density at radius 1 is 1.21 bits per heavy atom. The van der Waals surface area contributed by atoms with E-state index in [-0.39, 0.29) is 23.4 Å². The molecule has 0 radical (unpaired) electrons. The van der Waals surface area contributed by atoms with E-state index in [4.69, 9.17) is 0 Å². The van der Waals surface area contributed by atoms with Crippen molar-refractivity contribution in [2.24, 2.45) is 5.92 Å². The maximum absolute atomic E-state index is 12.1. The van der Waals surface area contributed by atoms with E-state index < -0.39 is 15.6 Å². The first kappa shape index (κ1) is 20.4. The SMILES string of the molecule is CC(C)CCC(C)NC(=O)Cn1cc(S(=O)(=O)N(C)C)ccc1=O. The number of sulfonamides is 1. The van der Waals surface area contributed by atoms with Gasteiger partial charge < -0.3 is 9.88 Å². The second-order valence-corrected chi connectivity index (χ2v) is 8.71. The van der Waals surface area contributed by atoms with Crippen molar-refractivity contribution < 1.29 is 13.2 Å². The van der Waals surface area contributed by atoms with Gasteiger partial charge in [-0.25, -0.2) is 12.7 Å². The molecule has 1 rings (SSSR count). The van der Waals surface area contributed by atoms with Crippen LogP contribution in [0.4, 0.5) is 0 Å². The molecule has 0 aliphatic rings. The van der Waals surface area contributed by atoms with Gasteiger partial charge in [-0.2, -0.15) is 0 Å². The third-order valence-corrected chi connectivity index (χ3v) is 5.43. The fourth-order valence-electron chi connectivity index (χ4n) is 2.13. The molecule has 0 spiro atoms. The Morgan fingerprint density at radius 3 is 2.38 bits per heavy atom. The zero-order valence-corrected chi connectivity index (χ0v) is 15.8. The van der Waals surface area contributed by atoms with Gasteiger partial charge in [-0.15, -0.1) is 0 Å². The molecule has 0 aliphatic carbocycles. The summed E-state index contributed by atoms with van der Waals surface area (Å²) >= 11 is 0. The summed E-state index contributed by atoms with van der Waals surface area (Å²) in [5, 5.41) is 2.83. The zero-order chi connectivity index (χ0) is 18.5. The fourth-order valence-corrected chi connectivity index (χ4v) is 3.05. The summed E-state index contributed by atoms with van der Waals surface area (Å²) in [5.41, 5.74) is -0.419. The van der Waals surface area contributed by atoms with Gasteiger partial charge in [-0.3, -0.25) is 9.59 Å². The highest BCUT2D eigenvalue weighted by atomic mass is 32.2. The maximum Gasteiger partial charge on any atom is 0.251 e. The lowest BCUT2D eigenvalue weighted by Gasteiger charge is -2.16. The molecule has 0 bridgehead atoms. The van der Waals surface area contributed by atoms with Gasteiger partial charge in [-0.05, 0) is 31.7 Å². The van der Waals surface area contributed by atoms with Gasteiger partial charge in [0.1, 0.15) is 6.54 Å². The van der Waals surface area contributed by atoms with E-state index in [9.17, 15) is 18.0 Å². The first-order chi connectivity index (χ1) is 11.0. The Hall–Kier alpha value is -1.67. The van der Waals surface area contributed by atoms with Gasteiger partial charge in [0.15, 0.2) is 0 Å². The lowest BCUT2D eigenvalue weighted by molar-refractivity contribution is -0.122. The standard InChI is InChI=1S/C16H27N3O4S/c1-12(2)6-7-13(3)17-15(20)11-19-10-14(8-9-16(19)21)24(22,23)18(4)5/h8-10,12-13H,6-7,11H2,1-5H3,(H,17,20). The number of pyridine rings is 1. The summed E-state index contributed by atoms with van der Waals surface area (Å²) in [5.74, 6) is 0.243. The van der Waals surface area contributed by atoms with Crippen LogP contribution in [0.25, 0.3) is 0 Å². The Morgan fingerprint density at radius 2 is 1.83 bits per heavy atom. The first-order valence-electron chi connectivity index (χ1n) is 7.96. The molecule has 0 fully saturated rings. The molecule has 1 aromatic heterocycles. The van der Waals surface area contributed by atoms with E-state index in [0.29, 0.717) is 5.92 Å². The average molecular weight is 357 g/mol. The Balaban J connectivity index is 2.84. The van der Waals surface area contributed by atoms with Gasteiger partial charge in [0, 0.05) is 32.4 Å². The third kappa shape index (κ3) is 5.76. The normalized spacial score (nSPS) is 13.3. The van der Waals surface area contributed by atoms with Crippen molar-refractivity contribution in [1.82, 2.24) is 14.2 Å². The second kappa shape index (κ2) is 8.43. The molecular formula is C16H27N3O4S. The predicted molar refractivity (Wildman–Crippen MR) is 93.3 cm³/mol. The van der Waals surface area contributed by atoms with Crippen molar-refractivity contribution in [3.8, 4) is 0 Å². The number of hydrogen-bond acceptors (Lipinski definition) is 4. The van der Waals surface area contributed by atoms with Crippen LogP contribution in [-0.2, 0) is 21.4 Å². The van der Waals surface area contributed by atoms with Crippen LogP contribution in [0.3, 0.4) is 0 Å². The summed E-state index contributed by atoms with van der Waals surface area (Å²) in [7, 11) is -0.830. The van der Waals surface area contributed by atoms with E-state index in [2.05, 4.69) is 19.2 Å². The van der Waals surface area contributed by atoms with Crippen molar-refractivity contribution >= 4 is 15.9 Å². The molecule has 1 atom stereocenters. The molecule has 1 N–H and O–H groups in total.